The highest BCUT2D eigenvalue weighted by Gasteiger charge is 2.09. The number of nitrogens with zero attached hydrogens (tertiary/aromatic N) is 3. The van der Waals surface area contributed by atoms with Crippen LogP contribution < -0.4 is 11.3 Å². The van der Waals surface area contributed by atoms with E-state index in [1.165, 1.54) is 0 Å². The van der Waals surface area contributed by atoms with Gasteiger partial charge < -0.3 is 5.43 Å². The predicted octanol–water partition coefficient (Wildman–Crippen LogP) is 2.02. The molecule has 0 bridgehead atoms. The number of hydrogen-bond acceptors (Lipinski definition) is 5. The van der Waals surface area contributed by atoms with Gasteiger partial charge in [-0.2, -0.15) is 0 Å². The Balaban J connectivity index is 2.39. The smallest absolute Gasteiger partial charge is 0.161 e. The molecule has 0 saturated heterocycles. The second-order valence-corrected chi connectivity index (χ2v) is 4.53. The number of aromatic nitrogens is 3. The van der Waals surface area contributed by atoms with Crippen molar-refractivity contribution >= 4 is 5.82 Å². The number of nitrogen functional groups attached to an aromatic ring is 1. The maximum atomic E-state index is 5.45. The van der Waals surface area contributed by atoms with E-state index in [1.807, 2.05) is 12.1 Å². The molecule has 18 heavy (non-hydrogen) atoms. The summed E-state index contributed by atoms with van der Waals surface area (Å²) in [4.78, 5) is 13.0. The normalized spacial score (nSPS) is 10.7. The Morgan fingerprint density at radius 1 is 1.33 bits per heavy atom. The van der Waals surface area contributed by atoms with Crippen LogP contribution in [0.2, 0.25) is 0 Å². The van der Waals surface area contributed by atoms with Crippen LogP contribution in [0.5, 0.6) is 0 Å². The first kappa shape index (κ1) is 12.4. The van der Waals surface area contributed by atoms with Crippen molar-refractivity contribution in [3.63, 3.8) is 0 Å². The van der Waals surface area contributed by atoms with Crippen molar-refractivity contribution in [3.05, 3.63) is 36.4 Å². The summed E-state index contributed by atoms with van der Waals surface area (Å²) in [6.45, 7) is 4.28. The van der Waals surface area contributed by atoms with Crippen LogP contribution in [0.1, 0.15) is 19.5 Å². The summed E-state index contributed by atoms with van der Waals surface area (Å²) < 4.78 is 0. The minimum atomic E-state index is 0.496. The molecule has 0 atom stereocenters. The lowest BCUT2D eigenvalue weighted by atomic mass is 10.1. The molecule has 0 saturated carbocycles. The van der Waals surface area contributed by atoms with E-state index < -0.39 is 0 Å². The van der Waals surface area contributed by atoms with Gasteiger partial charge in [-0.25, -0.2) is 15.8 Å². The van der Waals surface area contributed by atoms with Crippen LogP contribution in [0, 0.1) is 5.92 Å². The van der Waals surface area contributed by atoms with E-state index in [9.17, 15) is 0 Å². The highest BCUT2D eigenvalue weighted by molar-refractivity contribution is 5.58. The zero-order valence-electron chi connectivity index (χ0n) is 10.6. The Morgan fingerprint density at radius 2 is 2.17 bits per heavy atom. The molecule has 2 aromatic rings. The molecule has 0 radical (unpaired) electrons. The lowest BCUT2D eigenvalue weighted by Crippen LogP contribution is -2.13. The number of nitrogens with one attached hydrogen (secondary N) is 1. The third-order valence-corrected chi connectivity index (χ3v) is 2.54. The summed E-state index contributed by atoms with van der Waals surface area (Å²) in [5, 5.41) is 0. The molecule has 0 unspecified atom stereocenters. The zero-order valence-corrected chi connectivity index (χ0v) is 10.6. The van der Waals surface area contributed by atoms with Crippen LogP contribution in [-0.2, 0) is 6.42 Å². The highest BCUT2D eigenvalue weighted by Crippen LogP contribution is 2.20. The van der Waals surface area contributed by atoms with E-state index in [-0.39, 0.29) is 0 Å². The minimum Gasteiger partial charge on any atom is -0.307 e. The molecule has 0 aromatic carbocycles. The Morgan fingerprint density at radius 3 is 2.78 bits per heavy atom. The van der Waals surface area contributed by atoms with Gasteiger partial charge in [0.05, 0.1) is 17.6 Å². The van der Waals surface area contributed by atoms with Crippen LogP contribution in [0.4, 0.5) is 5.82 Å². The van der Waals surface area contributed by atoms with Crippen LogP contribution >= 0.6 is 0 Å². The number of hydrogen-bond donors (Lipinski definition) is 2. The molecule has 5 heteroatoms. The maximum absolute atomic E-state index is 5.45. The Labute approximate surface area is 106 Å². The van der Waals surface area contributed by atoms with Gasteiger partial charge in [0, 0.05) is 18.0 Å². The lowest BCUT2D eigenvalue weighted by Gasteiger charge is -2.10. The van der Waals surface area contributed by atoms with Gasteiger partial charge >= 0.3 is 0 Å². The average molecular weight is 243 g/mol. The van der Waals surface area contributed by atoms with E-state index in [0.717, 1.165) is 23.4 Å². The summed E-state index contributed by atoms with van der Waals surface area (Å²) in [5.41, 5.74) is 5.25. The number of pyridine rings is 1. The molecule has 3 N–H and O–H groups in total. The molecule has 5 nitrogen and oxygen atoms in total. The van der Waals surface area contributed by atoms with Gasteiger partial charge in [-0.3, -0.25) is 4.98 Å². The number of rotatable bonds is 4. The predicted molar refractivity (Wildman–Crippen MR) is 71.6 cm³/mol. The first-order valence-corrected chi connectivity index (χ1v) is 5.93. The van der Waals surface area contributed by atoms with Crippen molar-refractivity contribution in [2.45, 2.75) is 20.3 Å². The molecule has 94 valence electrons. The third kappa shape index (κ3) is 2.81. The van der Waals surface area contributed by atoms with Crippen LogP contribution in [0.25, 0.3) is 11.3 Å². The van der Waals surface area contributed by atoms with Crippen molar-refractivity contribution < 1.29 is 0 Å². The van der Waals surface area contributed by atoms with E-state index in [1.54, 1.807) is 18.6 Å². The Hall–Kier alpha value is -2.01. The fourth-order valence-corrected chi connectivity index (χ4v) is 1.73. The third-order valence-electron chi connectivity index (χ3n) is 2.54. The number of nitrogens with two attached hydrogens (primary N) is 1. The average Bonchev–Trinajstić information content (AvgIpc) is 2.39. The quantitative estimate of drug-likeness (QED) is 0.634. The lowest BCUT2D eigenvalue weighted by molar-refractivity contribution is 0.634. The molecular formula is C13H17N5. The zero-order chi connectivity index (χ0) is 13.0. The highest BCUT2D eigenvalue weighted by atomic mass is 15.3. The summed E-state index contributed by atoms with van der Waals surface area (Å²) in [6.07, 6.45) is 6.05. The molecule has 0 spiro atoms. The molecule has 0 aliphatic carbocycles. The second-order valence-electron chi connectivity index (χ2n) is 4.53. The van der Waals surface area contributed by atoms with Gasteiger partial charge in [-0.1, -0.05) is 13.8 Å². The van der Waals surface area contributed by atoms with Crippen LogP contribution in [0.3, 0.4) is 0 Å². The molecule has 0 amide bonds. The Kier molecular flexibility index (Phi) is 3.84. The van der Waals surface area contributed by atoms with Crippen molar-refractivity contribution in [2.75, 3.05) is 5.43 Å². The molecule has 0 aliphatic heterocycles. The molecule has 2 aromatic heterocycles. The van der Waals surface area contributed by atoms with Gasteiger partial charge in [0.25, 0.3) is 0 Å². The first-order valence-electron chi connectivity index (χ1n) is 5.93. The largest absolute Gasteiger partial charge is 0.307 e. The fraction of sp³-hybridized carbons (Fsp3) is 0.308. The van der Waals surface area contributed by atoms with Crippen LogP contribution in [-0.4, -0.2) is 15.0 Å². The summed E-state index contributed by atoms with van der Waals surface area (Å²) in [6, 6.07) is 3.85. The molecule has 0 fully saturated rings. The standard InChI is InChI=1S/C13H17N5/c1-9(2)6-11-13(18-14)16-8-12(17-11)10-4-3-5-15-7-10/h3-5,7-9H,6,14H2,1-2H3,(H,16,18). The van der Waals surface area contributed by atoms with E-state index in [0.29, 0.717) is 11.7 Å². The topological polar surface area (TPSA) is 76.7 Å². The SMILES string of the molecule is CC(C)Cc1nc(-c2cccnc2)cnc1NN. The molecule has 2 heterocycles. The van der Waals surface area contributed by atoms with Gasteiger partial charge in [-0.15, -0.1) is 0 Å². The van der Waals surface area contributed by atoms with Gasteiger partial charge in [-0.05, 0) is 24.5 Å². The fourth-order valence-electron chi connectivity index (χ4n) is 1.73. The summed E-state index contributed by atoms with van der Waals surface area (Å²) >= 11 is 0. The van der Waals surface area contributed by atoms with Crippen LogP contribution in [0.15, 0.2) is 30.7 Å². The molecular weight excluding hydrogens is 226 g/mol. The summed E-state index contributed by atoms with van der Waals surface area (Å²) in [7, 11) is 0. The van der Waals surface area contributed by atoms with E-state index in [4.69, 9.17) is 5.84 Å². The number of hydrazine groups is 1. The monoisotopic (exact) mass is 243 g/mol. The number of anilines is 1. The minimum absolute atomic E-state index is 0.496. The molecule has 2 rings (SSSR count). The van der Waals surface area contributed by atoms with Gasteiger partial charge in [0.15, 0.2) is 5.82 Å². The maximum Gasteiger partial charge on any atom is 0.161 e. The van der Waals surface area contributed by atoms with Crippen molar-refractivity contribution in [3.8, 4) is 11.3 Å². The van der Waals surface area contributed by atoms with Gasteiger partial charge in [0.2, 0.25) is 0 Å². The first-order chi connectivity index (χ1) is 8.70. The Bertz CT molecular complexity index is 510. The van der Waals surface area contributed by atoms with E-state index >= 15 is 0 Å². The van der Waals surface area contributed by atoms with E-state index in [2.05, 4.69) is 34.2 Å². The van der Waals surface area contributed by atoms with Crippen molar-refractivity contribution in [2.24, 2.45) is 11.8 Å². The van der Waals surface area contributed by atoms with Crippen molar-refractivity contribution in [1.29, 1.82) is 0 Å². The second kappa shape index (κ2) is 5.55. The van der Waals surface area contributed by atoms with Crippen molar-refractivity contribution in [1.82, 2.24) is 15.0 Å². The molecule has 0 aliphatic rings. The van der Waals surface area contributed by atoms with Gasteiger partial charge in [0.1, 0.15) is 0 Å². The summed E-state index contributed by atoms with van der Waals surface area (Å²) in [5.74, 6) is 6.58.